The molecule has 2 N–H and O–H groups in total. The Morgan fingerprint density at radius 1 is 1.13 bits per heavy atom. The van der Waals surface area contributed by atoms with Gasteiger partial charge >= 0.3 is 0 Å². The van der Waals surface area contributed by atoms with Crippen LogP contribution in [0.25, 0.3) is 0 Å². The van der Waals surface area contributed by atoms with Crippen LogP contribution in [0.3, 0.4) is 0 Å². The minimum Gasteiger partial charge on any atom is -0.486 e. The van der Waals surface area contributed by atoms with E-state index in [9.17, 15) is 14.4 Å². The standard InChI is InChI=1S/C22H21N3O5S/c1-12(19(26)24-13-6-7-17-18(10-13)30-9-8-29-17)23-20(27)16-11-31-22-15-5-3-2-4-14(15)21(28)25(16)22/h2-7,10,12,16,22H,8-9,11H2,1H3,(H,23,27)(H,24,26). The Bertz CT molecular complexity index is 1070. The number of anilines is 1. The normalized spacial score (nSPS) is 21.8. The van der Waals surface area contributed by atoms with E-state index in [1.165, 1.54) is 0 Å². The van der Waals surface area contributed by atoms with Gasteiger partial charge in [-0.2, -0.15) is 0 Å². The number of benzene rings is 2. The smallest absolute Gasteiger partial charge is 0.256 e. The molecule has 9 heteroatoms. The Hall–Kier alpha value is -3.20. The molecular formula is C22H21N3O5S. The average molecular weight is 439 g/mol. The van der Waals surface area contributed by atoms with Crippen molar-refractivity contribution in [2.75, 3.05) is 24.3 Å². The van der Waals surface area contributed by atoms with Gasteiger partial charge in [0.2, 0.25) is 11.8 Å². The van der Waals surface area contributed by atoms with E-state index in [4.69, 9.17) is 9.47 Å². The third-order valence-electron chi connectivity index (χ3n) is 5.56. The molecule has 0 bridgehead atoms. The van der Waals surface area contributed by atoms with E-state index in [1.807, 2.05) is 18.2 Å². The minimum absolute atomic E-state index is 0.140. The molecule has 2 aromatic rings. The molecule has 0 radical (unpaired) electrons. The molecular weight excluding hydrogens is 418 g/mol. The largest absolute Gasteiger partial charge is 0.486 e. The maximum atomic E-state index is 12.9. The molecule has 8 nitrogen and oxygen atoms in total. The lowest BCUT2D eigenvalue weighted by atomic mass is 10.1. The van der Waals surface area contributed by atoms with Crippen molar-refractivity contribution < 1.29 is 23.9 Å². The van der Waals surface area contributed by atoms with Gasteiger partial charge in [0.05, 0.1) is 0 Å². The first-order valence-electron chi connectivity index (χ1n) is 10.1. The van der Waals surface area contributed by atoms with Gasteiger partial charge in [-0.25, -0.2) is 0 Å². The van der Waals surface area contributed by atoms with Gasteiger partial charge in [-0.15, -0.1) is 11.8 Å². The maximum absolute atomic E-state index is 12.9. The number of nitrogens with one attached hydrogen (secondary N) is 2. The highest BCUT2D eigenvalue weighted by Gasteiger charge is 2.48. The van der Waals surface area contributed by atoms with Crippen molar-refractivity contribution in [3.05, 3.63) is 53.6 Å². The second-order valence-electron chi connectivity index (χ2n) is 7.58. The zero-order valence-corrected chi connectivity index (χ0v) is 17.6. The number of carbonyl (C=O) groups is 3. The molecule has 3 amide bonds. The van der Waals surface area contributed by atoms with Crippen molar-refractivity contribution in [1.29, 1.82) is 0 Å². The number of rotatable bonds is 4. The van der Waals surface area contributed by atoms with Gasteiger partial charge in [-0.05, 0) is 30.7 Å². The molecule has 160 valence electrons. The summed E-state index contributed by atoms with van der Waals surface area (Å²) in [5, 5.41) is 5.38. The van der Waals surface area contributed by atoms with Gasteiger partial charge in [-0.3, -0.25) is 14.4 Å². The van der Waals surface area contributed by atoms with Crippen LogP contribution >= 0.6 is 11.8 Å². The molecule has 1 saturated heterocycles. The van der Waals surface area contributed by atoms with Crippen LogP contribution in [0.4, 0.5) is 5.69 Å². The Kier molecular flexibility index (Phi) is 4.97. The number of hydrogen-bond donors (Lipinski definition) is 2. The molecule has 0 aliphatic carbocycles. The summed E-state index contributed by atoms with van der Waals surface area (Å²) >= 11 is 1.56. The number of nitrogens with zero attached hydrogens (tertiary/aromatic N) is 1. The third-order valence-corrected chi connectivity index (χ3v) is 6.86. The predicted molar refractivity (Wildman–Crippen MR) is 115 cm³/mol. The van der Waals surface area contributed by atoms with E-state index >= 15 is 0 Å². The molecule has 5 rings (SSSR count). The van der Waals surface area contributed by atoms with Crippen molar-refractivity contribution in [3.8, 4) is 11.5 Å². The van der Waals surface area contributed by atoms with Crippen LogP contribution < -0.4 is 20.1 Å². The van der Waals surface area contributed by atoms with Crippen molar-refractivity contribution >= 4 is 35.2 Å². The predicted octanol–water partition coefficient (Wildman–Crippen LogP) is 2.17. The second kappa shape index (κ2) is 7.81. The van der Waals surface area contributed by atoms with E-state index in [0.717, 1.165) is 5.56 Å². The SMILES string of the molecule is CC(NC(=O)C1CSC2c3ccccc3C(=O)N12)C(=O)Nc1ccc2c(c1)OCCO2. The number of carbonyl (C=O) groups excluding carboxylic acids is 3. The number of thioether (sulfide) groups is 1. The Morgan fingerprint density at radius 2 is 1.90 bits per heavy atom. The van der Waals surface area contributed by atoms with Gasteiger partial charge in [-0.1, -0.05) is 18.2 Å². The van der Waals surface area contributed by atoms with Crippen molar-refractivity contribution in [3.63, 3.8) is 0 Å². The fraction of sp³-hybridized carbons (Fsp3) is 0.318. The van der Waals surface area contributed by atoms with Gasteiger partial charge in [0.15, 0.2) is 11.5 Å². The van der Waals surface area contributed by atoms with Crippen LogP contribution in [0.15, 0.2) is 42.5 Å². The monoisotopic (exact) mass is 439 g/mol. The topological polar surface area (TPSA) is 97.0 Å². The molecule has 2 aromatic carbocycles. The van der Waals surface area contributed by atoms with Crippen LogP contribution in [0.5, 0.6) is 11.5 Å². The van der Waals surface area contributed by atoms with E-state index in [1.54, 1.807) is 47.9 Å². The van der Waals surface area contributed by atoms with Crippen molar-refractivity contribution in [2.24, 2.45) is 0 Å². The molecule has 0 saturated carbocycles. The molecule has 3 heterocycles. The lowest BCUT2D eigenvalue weighted by Gasteiger charge is -2.24. The lowest BCUT2D eigenvalue weighted by molar-refractivity contribution is -0.128. The zero-order chi connectivity index (χ0) is 21.5. The number of hydrogen-bond acceptors (Lipinski definition) is 6. The lowest BCUT2D eigenvalue weighted by Crippen LogP contribution is -2.51. The third kappa shape index (κ3) is 3.48. The second-order valence-corrected chi connectivity index (χ2v) is 8.69. The molecule has 3 aliphatic rings. The minimum atomic E-state index is -0.773. The quantitative estimate of drug-likeness (QED) is 0.758. The van der Waals surface area contributed by atoms with E-state index in [-0.39, 0.29) is 23.1 Å². The highest BCUT2D eigenvalue weighted by atomic mass is 32.2. The molecule has 0 spiro atoms. The fourth-order valence-electron chi connectivity index (χ4n) is 3.99. The highest BCUT2D eigenvalue weighted by Crippen LogP contribution is 2.48. The zero-order valence-electron chi connectivity index (χ0n) is 16.8. The molecule has 0 aromatic heterocycles. The number of amides is 3. The average Bonchev–Trinajstić information content (AvgIpc) is 3.34. The summed E-state index contributed by atoms with van der Waals surface area (Å²) < 4.78 is 11.0. The Morgan fingerprint density at radius 3 is 2.74 bits per heavy atom. The van der Waals surface area contributed by atoms with Gasteiger partial charge in [0.25, 0.3) is 5.91 Å². The summed E-state index contributed by atoms with van der Waals surface area (Å²) in [6.07, 6.45) is 0. The van der Waals surface area contributed by atoms with Crippen LogP contribution in [-0.2, 0) is 9.59 Å². The maximum Gasteiger partial charge on any atom is 0.256 e. The van der Waals surface area contributed by atoms with E-state index in [2.05, 4.69) is 10.6 Å². The van der Waals surface area contributed by atoms with Crippen molar-refractivity contribution in [1.82, 2.24) is 10.2 Å². The van der Waals surface area contributed by atoms with Crippen LogP contribution in [0, 0.1) is 0 Å². The Labute approximate surface area is 183 Å². The first-order chi connectivity index (χ1) is 15.0. The van der Waals surface area contributed by atoms with Crippen molar-refractivity contribution in [2.45, 2.75) is 24.4 Å². The van der Waals surface area contributed by atoms with Gasteiger partial charge in [0, 0.05) is 23.1 Å². The number of fused-ring (bicyclic) bond motifs is 4. The van der Waals surface area contributed by atoms with Gasteiger partial charge < -0.3 is 25.0 Å². The Balaban J connectivity index is 1.23. The molecule has 3 aliphatic heterocycles. The van der Waals surface area contributed by atoms with Gasteiger partial charge in [0.1, 0.15) is 30.7 Å². The first kappa shape index (κ1) is 19.7. The molecule has 3 unspecified atom stereocenters. The summed E-state index contributed by atoms with van der Waals surface area (Å²) in [5.74, 6) is 0.869. The summed E-state index contributed by atoms with van der Waals surface area (Å²) in [7, 11) is 0. The molecule has 1 fully saturated rings. The van der Waals surface area contributed by atoms with E-state index < -0.39 is 12.1 Å². The summed E-state index contributed by atoms with van der Waals surface area (Å²) in [4.78, 5) is 40.0. The van der Waals surface area contributed by atoms with Crippen LogP contribution in [0.2, 0.25) is 0 Å². The summed E-state index contributed by atoms with van der Waals surface area (Å²) in [5.41, 5.74) is 2.14. The fourth-order valence-corrected chi connectivity index (χ4v) is 5.45. The molecule has 3 atom stereocenters. The van der Waals surface area contributed by atoms with Crippen LogP contribution in [-0.4, -0.2) is 53.7 Å². The van der Waals surface area contributed by atoms with E-state index in [0.29, 0.717) is 41.7 Å². The summed E-state index contributed by atoms with van der Waals surface area (Å²) in [6.45, 7) is 2.56. The van der Waals surface area contributed by atoms with Crippen LogP contribution in [0.1, 0.15) is 28.2 Å². The molecule has 31 heavy (non-hydrogen) atoms. The first-order valence-corrected chi connectivity index (χ1v) is 11.1. The summed E-state index contributed by atoms with van der Waals surface area (Å²) in [6, 6.07) is 11.2. The highest BCUT2D eigenvalue weighted by molar-refractivity contribution is 7.99. The number of ether oxygens (including phenoxy) is 2.